The van der Waals surface area contributed by atoms with Gasteiger partial charge < -0.3 is 15.0 Å². The number of likely N-dealkylation sites (tertiary alicyclic amines) is 1. The molecule has 1 N–H and O–H groups in total. The predicted octanol–water partition coefficient (Wildman–Crippen LogP) is 1.16. The number of rotatable bonds is 5. The first-order valence-corrected chi connectivity index (χ1v) is 6.98. The van der Waals surface area contributed by atoms with Crippen LogP contribution in [0, 0.1) is 0 Å². The lowest BCUT2D eigenvalue weighted by Crippen LogP contribution is -2.37. The van der Waals surface area contributed by atoms with E-state index in [1.165, 1.54) is 32.4 Å². The highest BCUT2D eigenvalue weighted by Gasteiger charge is 2.22. The average Bonchev–Trinajstić information content (AvgIpc) is 2.89. The summed E-state index contributed by atoms with van der Waals surface area (Å²) in [7, 11) is 0. The minimum absolute atomic E-state index is 0.0844. The summed E-state index contributed by atoms with van der Waals surface area (Å²) in [6, 6.07) is 0. The van der Waals surface area contributed by atoms with Crippen LogP contribution >= 0.6 is 0 Å². The Labute approximate surface area is 104 Å². The predicted molar refractivity (Wildman–Crippen MR) is 66.9 cm³/mol. The third-order valence-electron chi connectivity index (χ3n) is 3.62. The van der Waals surface area contributed by atoms with E-state index in [9.17, 15) is 4.79 Å². The van der Waals surface area contributed by atoms with Crippen molar-refractivity contribution in [2.24, 2.45) is 0 Å². The third-order valence-corrected chi connectivity index (χ3v) is 3.62. The molecule has 0 aromatic rings. The van der Waals surface area contributed by atoms with Gasteiger partial charge in [-0.05, 0) is 51.7 Å². The number of amides is 1. The second-order valence-electron chi connectivity index (χ2n) is 5.05. The number of hydrogen-bond acceptors (Lipinski definition) is 3. The van der Waals surface area contributed by atoms with Gasteiger partial charge in [0.25, 0.3) is 0 Å². The van der Waals surface area contributed by atoms with Crippen LogP contribution in [0.1, 0.15) is 38.5 Å². The highest BCUT2D eigenvalue weighted by molar-refractivity contribution is 5.80. The van der Waals surface area contributed by atoms with Crippen LogP contribution in [0.5, 0.6) is 0 Å². The molecular formula is C13H24N2O2. The largest absolute Gasteiger partial charge is 0.368 e. The number of carbonyl (C=O) groups excluding carboxylic acids is 1. The van der Waals surface area contributed by atoms with Crippen molar-refractivity contribution in [1.29, 1.82) is 0 Å². The van der Waals surface area contributed by atoms with E-state index in [0.717, 1.165) is 39.0 Å². The second-order valence-corrected chi connectivity index (χ2v) is 5.05. The molecule has 0 saturated carbocycles. The number of piperidine rings is 1. The summed E-state index contributed by atoms with van der Waals surface area (Å²) < 4.78 is 5.34. The van der Waals surface area contributed by atoms with Gasteiger partial charge in [0.15, 0.2) is 0 Å². The van der Waals surface area contributed by atoms with Crippen LogP contribution < -0.4 is 5.32 Å². The van der Waals surface area contributed by atoms with Crippen LogP contribution in [0.2, 0.25) is 0 Å². The molecule has 2 rings (SSSR count). The SMILES string of the molecule is O=C(NCCCN1CCCCC1)C1CCCO1. The normalized spacial score (nSPS) is 26.0. The molecule has 1 amide bonds. The van der Waals surface area contributed by atoms with Crippen LogP contribution in [0.25, 0.3) is 0 Å². The second kappa shape index (κ2) is 6.97. The van der Waals surface area contributed by atoms with Crippen molar-refractivity contribution in [3.63, 3.8) is 0 Å². The Bertz CT molecular complexity index is 234. The third kappa shape index (κ3) is 4.28. The van der Waals surface area contributed by atoms with Gasteiger partial charge in [0, 0.05) is 13.2 Å². The van der Waals surface area contributed by atoms with Crippen molar-refractivity contribution >= 4 is 5.91 Å². The summed E-state index contributed by atoms with van der Waals surface area (Å²) in [6.45, 7) is 5.12. The first-order chi connectivity index (χ1) is 8.36. The maximum Gasteiger partial charge on any atom is 0.249 e. The molecule has 0 aromatic heterocycles. The minimum atomic E-state index is -0.176. The summed E-state index contributed by atoms with van der Waals surface area (Å²) >= 11 is 0. The van der Waals surface area contributed by atoms with Gasteiger partial charge in [0.2, 0.25) is 5.91 Å². The molecule has 2 heterocycles. The average molecular weight is 240 g/mol. The van der Waals surface area contributed by atoms with E-state index in [-0.39, 0.29) is 12.0 Å². The van der Waals surface area contributed by atoms with Crippen LogP contribution in [-0.4, -0.2) is 49.7 Å². The van der Waals surface area contributed by atoms with E-state index in [0.29, 0.717) is 0 Å². The molecule has 0 spiro atoms. The molecule has 0 bridgehead atoms. The Hall–Kier alpha value is -0.610. The van der Waals surface area contributed by atoms with E-state index in [1.807, 2.05) is 0 Å². The van der Waals surface area contributed by atoms with Crippen molar-refractivity contribution in [2.75, 3.05) is 32.8 Å². The Balaban J connectivity index is 1.51. The number of carbonyl (C=O) groups is 1. The Morgan fingerprint density at radius 2 is 2.06 bits per heavy atom. The number of nitrogens with zero attached hydrogens (tertiary/aromatic N) is 1. The molecule has 0 aromatic carbocycles. The summed E-state index contributed by atoms with van der Waals surface area (Å²) in [5, 5.41) is 2.97. The topological polar surface area (TPSA) is 41.6 Å². The summed E-state index contributed by atoms with van der Waals surface area (Å²) in [5.74, 6) is 0.0844. The fourth-order valence-electron chi connectivity index (χ4n) is 2.60. The molecule has 17 heavy (non-hydrogen) atoms. The summed E-state index contributed by atoms with van der Waals surface area (Å²) in [6.07, 6.45) is 6.84. The summed E-state index contributed by atoms with van der Waals surface area (Å²) in [5.41, 5.74) is 0. The molecule has 2 aliphatic rings. The lowest BCUT2D eigenvalue weighted by molar-refractivity contribution is -0.130. The lowest BCUT2D eigenvalue weighted by Gasteiger charge is -2.26. The minimum Gasteiger partial charge on any atom is -0.368 e. The molecule has 0 aliphatic carbocycles. The smallest absolute Gasteiger partial charge is 0.249 e. The first kappa shape index (κ1) is 12.8. The quantitative estimate of drug-likeness (QED) is 0.733. The zero-order chi connectivity index (χ0) is 11.9. The van der Waals surface area contributed by atoms with Gasteiger partial charge in [-0.3, -0.25) is 4.79 Å². The molecule has 1 atom stereocenters. The monoisotopic (exact) mass is 240 g/mol. The standard InChI is InChI=1S/C13H24N2O2/c16-13(12-6-4-11-17-12)14-7-5-10-15-8-2-1-3-9-15/h12H,1-11H2,(H,14,16). The maximum absolute atomic E-state index is 11.6. The Morgan fingerprint density at radius 3 is 2.76 bits per heavy atom. The van der Waals surface area contributed by atoms with Crippen molar-refractivity contribution in [3.8, 4) is 0 Å². The highest BCUT2D eigenvalue weighted by atomic mass is 16.5. The number of ether oxygens (including phenoxy) is 1. The number of hydrogen-bond donors (Lipinski definition) is 1. The molecule has 2 aliphatic heterocycles. The van der Waals surface area contributed by atoms with Crippen molar-refractivity contribution < 1.29 is 9.53 Å². The van der Waals surface area contributed by atoms with Crippen molar-refractivity contribution in [2.45, 2.75) is 44.6 Å². The first-order valence-electron chi connectivity index (χ1n) is 6.98. The highest BCUT2D eigenvalue weighted by Crippen LogP contribution is 2.11. The molecule has 2 fully saturated rings. The van der Waals surface area contributed by atoms with E-state index >= 15 is 0 Å². The maximum atomic E-state index is 11.6. The molecule has 2 saturated heterocycles. The van der Waals surface area contributed by atoms with Gasteiger partial charge >= 0.3 is 0 Å². The van der Waals surface area contributed by atoms with E-state index in [4.69, 9.17) is 4.74 Å². The molecule has 98 valence electrons. The molecule has 4 nitrogen and oxygen atoms in total. The van der Waals surface area contributed by atoms with Crippen LogP contribution in [0.3, 0.4) is 0 Å². The van der Waals surface area contributed by atoms with Crippen LogP contribution in [0.15, 0.2) is 0 Å². The van der Waals surface area contributed by atoms with E-state index in [2.05, 4.69) is 10.2 Å². The zero-order valence-corrected chi connectivity index (χ0v) is 10.6. The number of nitrogens with one attached hydrogen (secondary N) is 1. The molecular weight excluding hydrogens is 216 g/mol. The fourth-order valence-corrected chi connectivity index (χ4v) is 2.60. The van der Waals surface area contributed by atoms with Gasteiger partial charge in [0.1, 0.15) is 6.10 Å². The zero-order valence-electron chi connectivity index (χ0n) is 10.6. The fraction of sp³-hybridized carbons (Fsp3) is 0.923. The van der Waals surface area contributed by atoms with E-state index in [1.54, 1.807) is 0 Å². The van der Waals surface area contributed by atoms with Gasteiger partial charge in [-0.15, -0.1) is 0 Å². The van der Waals surface area contributed by atoms with Crippen molar-refractivity contribution in [3.05, 3.63) is 0 Å². The van der Waals surface area contributed by atoms with Crippen LogP contribution in [0.4, 0.5) is 0 Å². The van der Waals surface area contributed by atoms with E-state index < -0.39 is 0 Å². The Kier molecular flexibility index (Phi) is 5.26. The van der Waals surface area contributed by atoms with Gasteiger partial charge in [0.05, 0.1) is 0 Å². The molecule has 4 heteroatoms. The summed E-state index contributed by atoms with van der Waals surface area (Å²) in [4.78, 5) is 14.1. The molecule has 1 unspecified atom stereocenters. The van der Waals surface area contributed by atoms with Crippen molar-refractivity contribution in [1.82, 2.24) is 10.2 Å². The van der Waals surface area contributed by atoms with Crippen LogP contribution in [-0.2, 0) is 9.53 Å². The van der Waals surface area contributed by atoms with Gasteiger partial charge in [-0.2, -0.15) is 0 Å². The van der Waals surface area contributed by atoms with Gasteiger partial charge in [-0.25, -0.2) is 0 Å². The van der Waals surface area contributed by atoms with Gasteiger partial charge in [-0.1, -0.05) is 6.42 Å². The molecule has 0 radical (unpaired) electrons. The Morgan fingerprint density at radius 1 is 1.24 bits per heavy atom. The lowest BCUT2D eigenvalue weighted by atomic mass is 10.1.